The summed E-state index contributed by atoms with van der Waals surface area (Å²) in [5.41, 5.74) is 5.66. The van der Waals surface area contributed by atoms with Crippen LogP contribution >= 0.6 is 11.6 Å². The number of rotatable bonds is 3. The van der Waals surface area contributed by atoms with Crippen LogP contribution < -0.4 is 5.73 Å². The van der Waals surface area contributed by atoms with Gasteiger partial charge in [-0.15, -0.1) is 11.6 Å². The summed E-state index contributed by atoms with van der Waals surface area (Å²) >= 11 is 5.45. The van der Waals surface area contributed by atoms with Gasteiger partial charge in [-0.25, -0.2) is 14.2 Å². The molecule has 4 nitrogen and oxygen atoms in total. The molecule has 1 aromatic rings. The van der Waals surface area contributed by atoms with Crippen LogP contribution in [0.3, 0.4) is 0 Å². The van der Waals surface area contributed by atoms with Crippen molar-refractivity contribution in [3.05, 3.63) is 29.6 Å². The van der Waals surface area contributed by atoms with Gasteiger partial charge in [0.1, 0.15) is 11.7 Å². The second kappa shape index (κ2) is 5.46. The van der Waals surface area contributed by atoms with E-state index in [4.69, 9.17) is 17.3 Å². The van der Waals surface area contributed by atoms with Gasteiger partial charge in [0.05, 0.1) is 24.2 Å². The van der Waals surface area contributed by atoms with Crippen LogP contribution in [0.4, 0.5) is 10.1 Å². The maximum atomic E-state index is 12.9. The number of carbonyl (C=O) groups is 1. The highest BCUT2D eigenvalue weighted by molar-refractivity contribution is 6.28. The fourth-order valence-electron chi connectivity index (χ4n) is 1.06. The number of nitrogens with two attached hydrogens (primary N) is 1. The quantitative estimate of drug-likeness (QED) is 0.382. The molecule has 0 aliphatic rings. The molecular weight excluding hydrogens is 235 g/mol. The van der Waals surface area contributed by atoms with Gasteiger partial charge in [0.2, 0.25) is 0 Å². The first-order chi connectivity index (χ1) is 7.58. The highest BCUT2D eigenvalue weighted by Crippen LogP contribution is 2.21. The summed E-state index contributed by atoms with van der Waals surface area (Å²) in [5.74, 6) is -1.07. The first kappa shape index (κ1) is 12.4. The van der Waals surface area contributed by atoms with Crippen molar-refractivity contribution < 1.29 is 13.9 Å². The monoisotopic (exact) mass is 244 g/mol. The fraction of sp³-hybridized carbons (Fsp3) is 0.200. The summed E-state index contributed by atoms with van der Waals surface area (Å²) in [6.07, 6.45) is 0. The molecule has 0 amide bonds. The number of alkyl halides is 1. The zero-order valence-corrected chi connectivity index (χ0v) is 9.29. The lowest BCUT2D eigenvalue weighted by atomic mass is 10.2. The van der Waals surface area contributed by atoms with Gasteiger partial charge in [0, 0.05) is 0 Å². The van der Waals surface area contributed by atoms with Crippen molar-refractivity contribution in [2.75, 3.05) is 13.0 Å². The van der Waals surface area contributed by atoms with Crippen LogP contribution in [0.2, 0.25) is 0 Å². The number of carbonyl (C=O) groups excluding carboxylic acids is 1. The molecule has 0 aromatic heterocycles. The van der Waals surface area contributed by atoms with Crippen LogP contribution in [0.5, 0.6) is 0 Å². The second-order valence-corrected chi connectivity index (χ2v) is 3.16. The third-order valence-electron chi connectivity index (χ3n) is 1.76. The van der Waals surface area contributed by atoms with Crippen molar-refractivity contribution in [3.8, 4) is 0 Å². The van der Waals surface area contributed by atoms with Crippen LogP contribution in [0, 0.1) is 5.82 Å². The molecular formula is C10H10ClFN2O2. The van der Waals surface area contributed by atoms with E-state index in [9.17, 15) is 9.18 Å². The van der Waals surface area contributed by atoms with Gasteiger partial charge in [-0.05, 0) is 18.2 Å². The third-order valence-corrected chi connectivity index (χ3v) is 2.04. The highest BCUT2D eigenvalue weighted by atomic mass is 35.5. The Balaban J connectivity index is 3.23. The predicted molar refractivity (Wildman–Crippen MR) is 59.7 cm³/mol. The molecule has 0 radical (unpaired) electrons. The van der Waals surface area contributed by atoms with Crippen molar-refractivity contribution in [2.45, 2.75) is 0 Å². The maximum absolute atomic E-state index is 12.9. The average Bonchev–Trinajstić information content (AvgIpc) is 2.30. The number of nitrogens with zero attached hydrogens (tertiary/aromatic N) is 1. The number of halogens is 2. The maximum Gasteiger partial charge on any atom is 0.340 e. The van der Waals surface area contributed by atoms with E-state index < -0.39 is 11.8 Å². The van der Waals surface area contributed by atoms with Gasteiger partial charge in [-0.3, -0.25) is 0 Å². The smallest absolute Gasteiger partial charge is 0.340 e. The van der Waals surface area contributed by atoms with E-state index in [1.54, 1.807) is 0 Å². The number of esters is 1. The van der Waals surface area contributed by atoms with Crippen molar-refractivity contribution >= 4 is 29.1 Å². The van der Waals surface area contributed by atoms with E-state index in [-0.39, 0.29) is 23.0 Å². The number of aliphatic imine (C=N–C) groups is 1. The molecule has 1 aromatic carbocycles. The van der Waals surface area contributed by atoms with Gasteiger partial charge in [0.25, 0.3) is 0 Å². The van der Waals surface area contributed by atoms with E-state index >= 15 is 0 Å². The normalized spacial score (nSPS) is 11.3. The SMILES string of the molecule is COC(=O)c1cc(F)ccc1N=C(N)CCl. The van der Waals surface area contributed by atoms with Gasteiger partial charge >= 0.3 is 5.97 Å². The Kier molecular flexibility index (Phi) is 4.25. The minimum atomic E-state index is -0.680. The molecule has 0 heterocycles. The average molecular weight is 245 g/mol. The van der Waals surface area contributed by atoms with Crippen LogP contribution in [0.15, 0.2) is 23.2 Å². The van der Waals surface area contributed by atoms with Crippen molar-refractivity contribution in [1.82, 2.24) is 0 Å². The standard InChI is InChI=1S/C10H10ClFN2O2/c1-16-10(15)7-4-6(12)2-3-8(7)14-9(13)5-11/h2-4H,5H2,1H3,(H2,13,14). The Morgan fingerprint density at radius 1 is 1.62 bits per heavy atom. The van der Waals surface area contributed by atoms with E-state index in [2.05, 4.69) is 9.73 Å². The Morgan fingerprint density at radius 3 is 2.88 bits per heavy atom. The Morgan fingerprint density at radius 2 is 2.31 bits per heavy atom. The Hall–Kier alpha value is -1.62. The highest BCUT2D eigenvalue weighted by Gasteiger charge is 2.12. The second-order valence-electron chi connectivity index (χ2n) is 2.89. The molecule has 0 spiro atoms. The number of benzene rings is 1. The molecule has 2 N–H and O–H groups in total. The fourth-order valence-corrected chi connectivity index (χ4v) is 1.12. The molecule has 1 rings (SSSR count). The van der Waals surface area contributed by atoms with Gasteiger partial charge < -0.3 is 10.5 Å². The lowest BCUT2D eigenvalue weighted by Gasteiger charge is -2.04. The summed E-state index contributed by atoms with van der Waals surface area (Å²) in [5, 5.41) is 0. The van der Waals surface area contributed by atoms with Gasteiger partial charge in [-0.2, -0.15) is 0 Å². The van der Waals surface area contributed by atoms with Crippen molar-refractivity contribution in [1.29, 1.82) is 0 Å². The Labute approximate surface area is 96.9 Å². The van der Waals surface area contributed by atoms with E-state index in [1.165, 1.54) is 19.2 Å². The summed E-state index contributed by atoms with van der Waals surface area (Å²) in [7, 11) is 1.20. The summed E-state index contributed by atoms with van der Waals surface area (Å²) in [6.45, 7) is 0. The summed E-state index contributed by atoms with van der Waals surface area (Å²) in [4.78, 5) is 15.2. The number of hydrogen-bond acceptors (Lipinski definition) is 3. The van der Waals surface area contributed by atoms with Crippen LogP contribution in [0.25, 0.3) is 0 Å². The molecule has 86 valence electrons. The van der Waals surface area contributed by atoms with Crippen LogP contribution in [-0.2, 0) is 4.74 Å². The van der Waals surface area contributed by atoms with Gasteiger partial charge in [-0.1, -0.05) is 0 Å². The summed E-state index contributed by atoms with van der Waals surface area (Å²) < 4.78 is 17.4. The topological polar surface area (TPSA) is 64.7 Å². The number of amidine groups is 1. The lowest BCUT2D eigenvalue weighted by Crippen LogP contribution is -2.13. The zero-order chi connectivity index (χ0) is 12.1. The molecule has 0 unspecified atom stereocenters. The van der Waals surface area contributed by atoms with Crippen molar-refractivity contribution in [2.24, 2.45) is 10.7 Å². The lowest BCUT2D eigenvalue weighted by molar-refractivity contribution is 0.0601. The molecule has 16 heavy (non-hydrogen) atoms. The molecule has 0 aliphatic carbocycles. The minimum absolute atomic E-state index is 0.00978. The summed E-state index contributed by atoms with van der Waals surface area (Å²) in [6, 6.07) is 3.54. The number of hydrogen-bond donors (Lipinski definition) is 1. The number of ether oxygens (including phenoxy) is 1. The van der Waals surface area contributed by atoms with E-state index in [0.717, 1.165) is 6.07 Å². The van der Waals surface area contributed by atoms with Crippen LogP contribution in [0.1, 0.15) is 10.4 Å². The zero-order valence-electron chi connectivity index (χ0n) is 8.54. The molecule has 6 heteroatoms. The number of methoxy groups -OCH3 is 1. The minimum Gasteiger partial charge on any atom is -0.465 e. The molecule has 0 saturated carbocycles. The first-order valence-corrected chi connectivity index (χ1v) is 4.88. The third kappa shape index (κ3) is 2.93. The van der Waals surface area contributed by atoms with Crippen molar-refractivity contribution in [3.63, 3.8) is 0 Å². The largest absolute Gasteiger partial charge is 0.465 e. The first-order valence-electron chi connectivity index (χ1n) is 4.35. The Bertz CT molecular complexity index is 435. The van der Waals surface area contributed by atoms with Gasteiger partial charge in [0.15, 0.2) is 0 Å². The van der Waals surface area contributed by atoms with E-state index in [0.29, 0.717) is 0 Å². The van der Waals surface area contributed by atoms with E-state index in [1.807, 2.05) is 0 Å². The molecule has 0 atom stereocenters. The molecule has 0 saturated heterocycles. The predicted octanol–water partition coefficient (Wildman–Crippen LogP) is 1.84. The molecule has 0 aliphatic heterocycles. The van der Waals surface area contributed by atoms with Crippen LogP contribution in [-0.4, -0.2) is 24.8 Å². The molecule has 0 bridgehead atoms. The molecule has 0 fully saturated rings.